The molecule has 4 rings (SSSR count). The van der Waals surface area contributed by atoms with Crippen molar-refractivity contribution in [2.45, 2.75) is 19.9 Å². The van der Waals surface area contributed by atoms with Gasteiger partial charge in [0, 0.05) is 18.9 Å². The lowest BCUT2D eigenvalue weighted by atomic mass is 10.3. The minimum absolute atomic E-state index is 0.585. The van der Waals surface area contributed by atoms with Crippen LogP contribution in [0.2, 0.25) is 0 Å². The first-order chi connectivity index (χ1) is 13.2. The van der Waals surface area contributed by atoms with Crippen molar-refractivity contribution < 1.29 is 9.47 Å². The van der Waals surface area contributed by atoms with Crippen LogP contribution in [0.5, 0.6) is 11.5 Å². The average Bonchev–Trinajstić information content (AvgIpc) is 3.38. The molecule has 0 fully saturated rings. The zero-order chi connectivity index (χ0) is 18.8. The molecule has 0 saturated heterocycles. The Hall–Kier alpha value is -2.73. The van der Waals surface area contributed by atoms with Gasteiger partial charge in [-0.25, -0.2) is 4.98 Å². The maximum absolute atomic E-state index is 5.93. The number of aromatic nitrogens is 3. The van der Waals surface area contributed by atoms with Gasteiger partial charge in [0.25, 0.3) is 0 Å². The van der Waals surface area contributed by atoms with Gasteiger partial charge in [0.2, 0.25) is 0 Å². The molecule has 4 aromatic rings. The van der Waals surface area contributed by atoms with Gasteiger partial charge in [-0.1, -0.05) is 6.92 Å². The summed E-state index contributed by atoms with van der Waals surface area (Å²) in [5.74, 6) is 2.67. The van der Waals surface area contributed by atoms with Crippen molar-refractivity contribution in [2.24, 2.45) is 7.05 Å². The third-order valence-corrected chi connectivity index (χ3v) is 5.69. The van der Waals surface area contributed by atoms with Gasteiger partial charge >= 0.3 is 0 Å². The number of rotatable bonds is 7. The number of hydrogen-bond donors (Lipinski definition) is 0. The lowest BCUT2D eigenvalue weighted by Gasteiger charge is -2.13. The van der Waals surface area contributed by atoms with Crippen LogP contribution in [-0.2, 0) is 20.0 Å². The molecule has 0 atom stereocenters. The number of thiophene rings is 1. The van der Waals surface area contributed by atoms with E-state index in [2.05, 4.69) is 40.6 Å². The molecule has 0 spiro atoms. The second kappa shape index (κ2) is 7.48. The van der Waals surface area contributed by atoms with Gasteiger partial charge in [-0.05, 0) is 48.2 Å². The summed E-state index contributed by atoms with van der Waals surface area (Å²) in [7, 11) is 3.76. The maximum Gasteiger partial charge on any atom is 0.157 e. The van der Waals surface area contributed by atoms with Crippen molar-refractivity contribution in [1.29, 1.82) is 0 Å². The number of nitrogens with zero attached hydrogens (tertiary/aromatic N) is 3. The molecule has 0 saturated carbocycles. The highest BCUT2D eigenvalue weighted by Crippen LogP contribution is 2.30. The van der Waals surface area contributed by atoms with E-state index in [1.165, 1.54) is 15.9 Å². The zero-order valence-electron chi connectivity index (χ0n) is 15.8. The Morgan fingerprint density at radius 2 is 1.89 bits per heavy atom. The summed E-state index contributed by atoms with van der Waals surface area (Å²) >= 11 is 1.76. The molecule has 1 aromatic carbocycles. The molecule has 0 aliphatic rings. The van der Waals surface area contributed by atoms with E-state index in [0.717, 1.165) is 36.0 Å². The van der Waals surface area contributed by atoms with Crippen LogP contribution in [-0.4, -0.2) is 27.8 Å². The van der Waals surface area contributed by atoms with Crippen LogP contribution in [0.25, 0.3) is 21.7 Å². The summed E-state index contributed by atoms with van der Waals surface area (Å²) in [5.41, 5.74) is 3.60. The Kier molecular flexibility index (Phi) is 4.90. The number of hydrogen-bond acceptors (Lipinski definition) is 4. The largest absolute Gasteiger partial charge is 0.497 e. The molecule has 5 nitrogen and oxygen atoms in total. The van der Waals surface area contributed by atoms with Crippen LogP contribution in [0, 0.1) is 0 Å². The van der Waals surface area contributed by atoms with E-state index in [1.54, 1.807) is 18.4 Å². The fourth-order valence-corrected chi connectivity index (χ4v) is 4.19. The first-order valence-electron chi connectivity index (χ1n) is 9.05. The predicted molar refractivity (Wildman–Crippen MR) is 110 cm³/mol. The van der Waals surface area contributed by atoms with E-state index in [9.17, 15) is 0 Å². The predicted octanol–water partition coefficient (Wildman–Crippen LogP) is 4.75. The first kappa shape index (κ1) is 17.7. The van der Waals surface area contributed by atoms with Gasteiger partial charge in [-0.2, -0.15) is 0 Å². The smallest absolute Gasteiger partial charge is 0.157 e. The average molecular weight is 382 g/mol. The summed E-state index contributed by atoms with van der Waals surface area (Å²) in [4.78, 5) is 4.72. The molecule has 6 heteroatoms. The third-order valence-electron chi connectivity index (χ3n) is 4.84. The fourth-order valence-electron chi connectivity index (χ4n) is 3.34. The van der Waals surface area contributed by atoms with Crippen molar-refractivity contribution in [2.75, 3.05) is 13.7 Å². The van der Waals surface area contributed by atoms with E-state index in [0.29, 0.717) is 6.61 Å². The van der Waals surface area contributed by atoms with Gasteiger partial charge in [-0.3, -0.25) is 0 Å². The normalized spacial score (nSPS) is 11.2. The maximum atomic E-state index is 5.93. The topological polar surface area (TPSA) is 41.2 Å². The van der Waals surface area contributed by atoms with Crippen molar-refractivity contribution >= 4 is 21.6 Å². The summed E-state index contributed by atoms with van der Waals surface area (Å²) in [5, 5.41) is 2.13. The van der Waals surface area contributed by atoms with E-state index in [4.69, 9.17) is 14.5 Å². The highest BCUT2D eigenvalue weighted by atomic mass is 32.1. The summed E-state index contributed by atoms with van der Waals surface area (Å²) in [6.07, 6.45) is 2.91. The van der Waals surface area contributed by atoms with Crippen LogP contribution in [0.4, 0.5) is 0 Å². The van der Waals surface area contributed by atoms with Crippen LogP contribution in [0.15, 0.2) is 48.0 Å². The third kappa shape index (κ3) is 3.32. The Morgan fingerprint density at radius 3 is 2.59 bits per heavy atom. The minimum atomic E-state index is 0.585. The lowest BCUT2D eigenvalue weighted by molar-refractivity contribution is 0.296. The molecule has 0 bridgehead atoms. The highest BCUT2D eigenvalue weighted by Gasteiger charge is 2.16. The monoisotopic (exact) mass is 381 g/mol. The summed E-state index contributed by atoms with van der Waals surface area (Å²) in [6.45, 7) is 3.50. The van der Waals surface area contributed by atoms with E-state index < -0.39 is 0 Å². The molecule has 0 aliphatic carbocycles. The number of imidazole rings is 1. The van der Waals surface area contributed by atoms with Crippen LogP contribution in [0.3, 0.4) is 0 Å². The lowest BCUT2D eigenvalue weighted by Crippen LogP contribution is -2.12. The molecule has 0 N–H and O–H groups in total. The quantitative estimate of drug-likeness (QED) is 0.464. The second-order valence-corrected chi connectivity index (χ2v) is 7.31. The van der Waals surface area contributed by atoms with Gasteiger partial charge in [0.15, 0.2) is 5.82 Å². The van der Waals surface area contributed by atoms with Gasteiger partial charge in [0.05, 0.1) is 29.6 Å². The van der Waals surface area contributed by atoms with Crippen LogP contribution >= 0.6 is 11.3 Å². The summed E-state index contributed by atoms with van der Waals surface area (Å²) in [6, 6.07) is 12.1. The van der Waals surface area contributed by atoms with E-state index in [-0.39, 0.29) is 0 Å². The summed E-state index contributed by atoms with van der Waals surface area (Å²) < 4.78 is 16.9. The Balaban J connectivity index is 1.55. The SMILES string of the molecule is CCc1cnc(-c2cc3sccc3n2C)n1CCOc1ccc(OC)cc1. The highest BCUT2D eigenvalue weighted by molar-refractivity contribution is 7.17. The number of aryl methyl sites for hydroxylation is 2. The van der Waals surface area contributed by atoms with Crippen molar-refractivity contribution in [3.63, 3.8) is 0 Å². The van der Waals surface area contributed by atoms with Gasteiger partial charge in [-0.15, -0.1) is 11.3 Å². The fraction of sp³-hybridized carbons (Fsp3) is 0.286. The molecular weight excluding hydrogens is 358 g/mol. The molecule has 140 valence electrons. The van der Waals surface area contributed by atoms with Crippen LogP contribution in [0.1, 0.15) is 12.6 Å². The Bertz CT molecular complexity index is 1040. The molecule has 3 heterocycles. The van der Waals surface area contributed by atoms with Gasteiger partial charge in [0.1, 0.15) is 18.1 Å². The van der Waals surface area contributed by atoms with Crippen molar-refractivity contribution in [3.05, 3.63) is 53.7 Å². The molecule has 0 unspecified atom stereocenters. The van der Waals surface area contributed by atoms with Crippen LogP contribution < -0.4 is 9.47 Å². The Morgan fingerprint density at radius 1 is 1.11 bits per heavy atom. The van der Waals surface area contributed by atoms with E-state index >= 15 is 0 Å². The van der Waals surface area contributed by atoms with Crippen molar-refractivity contribution in [1.82, 2.24) is 14.1 Å². The number of methoxy groups -OCH3 is 1. The molecule has 27 heavy (non-hydrogen) atoms. The molecule has 0 aliphatic heterocycles. The van der Waals surface area contributed by atoms with Crippen molar-refractivity contribution in [3.8, 4) is 23.0 Å². The second-order valence-electron chi connectivity index (χ2n) is 6.36. The number of ether oxygens (including phenoxy) is 2. The molecule has 3 aromatic heterocycles. The molecular formula is C21H23N3O2S. The standard InChI is InChI=1S/C21H23N3O2S/c1-4-15-14-22-21(19-13-20-18(23(19)2)9-12-27-20)24(15)10-11-26-17-7-5-16(25-3)6-8-17/h5-9,12-14H,4,10-11H2,1-3H3. The van der Waals surface area contributed by atoms with Gasteiger partial charge < -0.3 is 18.6 Å². The number of fused-ring (bicyclic) bond motifs is 1. The first-order valence-corrected chi connectivity index (χ1v) is 9.93. The Labute approximate surface area is 162 Å². The minimum Gasteiger partial charge on any atom is -0.497 e. The molecule has 0 radical (unpaired) electrons. The zero-order valence-corrected chi connectivity index (χ0v) is 16.6. The number of benzene rings is 1. The van der Waals surface area contributed by atoms with E-state index in [1.807, 2.05) is 30.5 Å². The molecule has 0 amide bonds.